The number of hydrogen-bond donors (Lipinski definition) is 8. The second-order valence-corrected chi connectivity index (χ2v) is 10.4. The van der Waals surface area contributed by atoms with Crippen LogP contribution < -0.4 is 4.74 Å². The van der Waals surface area contributed by atoms with E-state index in [0.29, 0.717) is 0 Å². The van der Waals surface area contributed by atoms with Gasteiger partial charge in [-0.15, -0.1) is 0 Å². The maximum absolute atomic E-state index is 13.3. The maximum atomic E-state index is 13.3. The average Bonchev–Trinajstić information content (AvgIpc) is 2.90. The number of carbonyl (C=O) groups is 2. The van der Waals surface area contributed by atoms with Gasteiger partial charge >= 0.3 is 0 Å². The summed E-state index contributed by atoms with van der Waals surface area (Å²) in [5, 5.41) is 83.3. The second-order valence-electron chi connectivity index (χ2n) is 10.4. The third-order valence-corrected chi connectivity index (χ3v) is 7.76. The zero-order valence-electron chi connectivity index (χ0n) is 22.3. The number of benzene rings is 2. The van der Waals surface area contributed by atoms with Gasteiger partial charge in [0, 0.05) is 30.4 Å². The summed E-state index contributed by atoms with van der Waals surface area (Å²) in [5.74, 6) is -5.16. The normalized spacial score (nSPS) is 29.1. The summed E-state index contributed by atoms with van der Waals surface area (Å²) in [6, 6.07) is 1.34. The van der Waals surface area contributed by atoms with E-state index in [1.165, 1.54) is 26.8 Å². The largest absolute Gasteiger partial charge is 0.507 e. The molecule has 6 unspecified atom stereocenters. The summed E-state index contributed by atoms with van der Waals surface area (Å²) in [6.07, 6.45) is -11.3. The molecule has 0 spiro atoms. The Morgan fingerprint density at radius 2 is 1.75 bits per heavy atom. The predicted molar refractivity (Wildman–Crippen MR) is 136 cm³/mol. The number of hydrogen-bond acceptors (Lipinski definition) is 13. The van der Waals surface area contributed by atoms with Crippen molar-refractivity contribution in [2.75, 3.05) is 7.11 Å². The van der Waals surface area contributed by atoms with Gasteiger partial charge in [-0.05, 0) is 38.8 Å². The number of ketones is 2. The molecule has 4 rings (SSSR count). The van der Waals surface area contributed by atoms with Crippen molar-refractivity contribution in [1.82, 2.24) is 0 Å². The lowest BCUT2D eigenvalue weighted by Gasteiger charge is -2.36. The minimum Gasteiger partial charge on any atom is -0.507 e. The van der Waals surface area contributed by atoms with Crippen LogP contribution in [0.3, 0.4) is 0 Å². The Morgan fingerprint density at radius 1 is 1.10 bits per heavy atom. The Kier molecular flexibility index (Phi) is 8.30. The minimum atomic E-state index is -1.85. The third kappa shape index (κ3) is 4.87. The van der Waals surface area contributed by atoms with E-state index in [4.69, 9.17) is 14.2 Å². The Balaban J connectivity index is 1.84. The van der Waals surface area contributed by atoms with Crippen molar-refractivity contribution in [3.8, 4) is 23.0 Å². The molecule has 2 aromatic rings. The van der Waals surface area contributed by atoms with Crippen molar-refractivity contribution in [3.63, 3.8) is 0 Å². The highest BCUT2D eigenvalue weighted by Crippen LogP contribution is 2.51. The third-order valence-electron chi connectivity index (χ3n) is 7.76. The summed E-state index contributed by atoms with van der Waals surface area (Å²) in [4.78, 5) is 26.1. The molecule has 13 nitrogen and oxygen atoms in total. The molecule has 0 radical (unpaired) electrons. The van der Waals surface area contributed by atoms with Crippen LogP contribution in [-0.2, 0) is 20.7 Å². The van der Waals surface area contributed by atoms with E-state index in [9.17, 15) is 50.4 Å². The van der Waals surface area contributed by atoms with Gasteiger partial charge in [0.05, 0.1) is 29.3 Å². The summed E-state index contributed by atoms with van der Waals surface area (Å²) in [5.41, 5.74) is -0.296. The van der Waals surface area contributed by atoms with E-state index in [1.807, 2.05) is 0 Å². The molecule has 8 N–H and O–H groups in total. The molecule has 1 fully saturated rings. The molecule has 220 valence electrons. The van der Waals surface area contributed by atoms with Crippen molar-refractivity contribution in [2.45, 2.75) is 82.6 Å². The molecule has 0 saturated carbocycles. The van der Waals surface area contributed by atoms with Crippen LogP contribution in [0.15, 0.2) is 6.07 Å². The Morgan fingerprint density at radius 3 is 2.33 bits per heavy atom. The van der Waals surface area contributed by atoms with Gasteiger partial charge in [-0.1, -0.05) is 0 Å². The lowest BCUT2D eigenvalue weighted by atomic mass is 9.75. The van der Waals surface area contributed by atoms with Gasteiger partial charge in [-0.3, -0.25) is 9.59 Å². The number of ether oxygens (including phenoxy) is 3. The Hall–Kier alpha value is -3.04. The number of Topliss-reactive ketones (excluding diaryl/α,β-unsaturated/α-hetero) is 2. The number of aliphatic hydroxyl groups is 5. The highest BCUT2D eigenvalue weighted by atomic mass is 16.7. The SMILES string of the molecule is COC(C(=O)C(O)C(C)O)C1Cc2cc3c(OC4C[C@H](O)[C@@H](O)[C@H](C)O4)c(O)c(C)c(O)c3c(O)c2C(=O)C1O. The molecule has 9 atom stereocenters. The number of aromatic hydroxyl groups is 3. The smallest absolute Gasteiger partial charge is 0.203 e. The van der Waals surface area contributed by atoms with Crippen LogP contribution in [0.4, 0.5) is 0 Å². The molecule has 1 aliphatic heterocycles. The van der Waals surface area contributed by atoms with E-state index in [2.05, 4.69) is 0 Å². The van der Waals surface area contributed by atoms with E-state index < -0.39 is 83.8 Å². The number of fused-ring (bicyclic) bond motifs is 2. The fourth-order valence-corrected chi connectivity index (χ4v) is 5.42. The second kappa shape index (κ2) is 11.1. The van der Waals surface area contributed by atoms with Crippen LogP contribution in [0.2, 0.25) is 0 Å². The first-order valence-electron chi connectivity index (χ1n) is 12.8. The molecule has 13 heteroatoms. The Labute approximate surface area is 228 Å². The molecular weight excluding hydrogens is 532 g/mol. The summed E-state index contributed by atoms with van der Waals surface area (Å²) in [7, 11) is 1.14. The van der Waals surface area contributed by atoms with Crippen LogP contribution in [0.5, 0.6) is 23.0 Å². The first-order chi connectivity index (χ1) is 18.7. The van der Waals surface area contributed by atoms with Gasteiger partial charge < -0.3 is 55.1 Å². The van der Waals surface area contributed by atoms with Gasteiger partial charge in [0.2, 0.25) is 6.29 Å². The van der Waals surface area contributed by atoms with Gasteiger partial charge in [0.1, 0.15) is 35.9 Å². The molecule has 0 bridgehead atoms. The van der Waals surface area contributed by atoms with E-state index in [1.54, 1.807) is 0 Å². The van der Waals surface area contributed by atoms with Gasteiger partial charge in [0.25, 0.3) is 0 Å². The molecule has 2 aromatic carbocycles. The van der Waals surface area contributed by atoms with Crippen LogP contribution in [0.25, 0.3) is 10.8 Å². The zero-order chi connectivity index (χ0) is 29.8. The predicted octanol–water partition coefficient (Wildman–Crippen LogP) is -0.458. The summed E-state index contributed by atoms with van der Waals surface area (Å²) >= 11 is 0. The molecular formula is C27H34O13. The quantitative estimate of drug-likeness (QED) is 0.213. The number of aliphatic hydroxyl groups excluding tert-OH is 5. The minimum absolute atomic E-state index is 0.0408. The molecule has 40 heavy (non-hydrogen) atoms. The van der Waals surface area contributed by atoms with Crippen molar-refractivity contribution in [1.29, 1.82) is 0 Å². The van der Waals surface area contributed by atoms with E-state index in [-0.39, 0.29) is 46.1 Å². The topological polar surface area (TPSA) is 224 Å². The highest BCUT2D eigenvalue weighted by molar-refractivity contribution is 6.12. The lowest BCUT2D eigenvalue weighted by Crippen LogP contribution is -2.50. The van der Waals surface area contributed by atoms with Crippen LogP contribution in [0.1, 0.15) is 41.8 Å². The molecule has 1 saturated heterocycles. The van der Waals surface area contributed by atoms with Crippen molar-refractivity contribution in [3.05, 3.63) is 22.8 Å². The van der Waals surface area contributed by atoms with Crippen LogP contribution in [0, 0.1) is 12.8 Å². The van der Waals surface area contributed by atoms with E-state index >= 15 is 0 Å². The number of carbonyl (C=O) groups excluding carboxylic acids is 2. The number of rotatable bonds is 7. The van der Waals surface area contributed by atoms with Gasteiger partial charge in [-0.25, -0.2) is 0 Å². The summed E-state index contributed by atoms with van der Waals surface area (Å²) in [6.45, 7) is 4.05. The molecule has 0 aromatic heterocycles. The fourth-order valence-electron chi connectivity index (χ4n) is 5.42. The average molecular weight is 567 g/mol. The molecule has 0 amide bonds. The number of phenolic OH excluding ortho intramolecular Hbond substituents is 3. The first kappa shape index (κ1) is 29.9. The maximum Gasteiger partial charge on any atom is 0.203 e. The fraction of sp³-hybridized carbons (Fsp3) is 0.556. The first-order valence-corrected chi connectivity index (χ1v) is 12.8. The van der Waals surface area contributed by atoms with Gasteiger partial charge in [-0.2, -0.15) is 0 Å². The van der Waals surface area contributed by atoms with E-state index in [0.717, 1.165) is 7.11 Å². The molecule has 1 heterocycles. The van der Waals surface area contributed by atoms with Gasteiger partial charge in [0.15, 0.2) is 23.1 Å². The monoisotopic (exact) mass is 566 g/mol. The highest BCUT2D eigenvalue weighted by Gasteiger charge is 2.46. The van der Waals surface area contributed by atoms with Crippen LogP contribution >= 0.6 is 0 Å². The van der Waals surface area contributed by atoms with Crippen LogP contribution in [-0.4, -0.2) is 109 Å². The van der Waals surface area contributed by atoms with Crippen molar-refractivity contribution >= 4 is 22.3 Å². The molecule has 1 aliphatic carbocycles. The summed E-state index contributed by atoms with van der Waals surface area (Å²) < 4.78 is 16.7. The van der Waals surface area contributed by atoms with Crippen molar-refractivity contribution < 1.29 is 64.7 Å². The Bertz CT molecular complexity index is 1310. The number of phenols is 3. The standard InChI is InChI=1S/C27H34O13/c1-8-18(30)17-12(27(19(8)31)40-15-7-14(29)21(33)10(3)39-15)5-11-6-13(22(34)24(36)16(11)23(17)35)26(38-4)25(37)20(32)9(2)28/h5,9-10,13-15,20-22,26,28-35H,6-7H2,1-4H3/t9?,10-,13?,14-,15?,20?,21-,22?,26?/m0/s1. The number of methoxy groups -OCH3 is 1. The zero-order valence-corrected chi connectivity index (χ0v) is 22.3. The van der Waals surface area contributed by atoms with Crippen molar-refractivity contribution in [2.24, 2.45) is 5.92 Å². The lowest BCUT2D eigenvalue weighted by molar-refractivity contribution is -0.216. The molecule has 2 aliphatic rings.